The maximum Gasteiger partial charge on any atom is 0.119 e. The Labute approximate surface area is 290 Å². The lowest BCUT2D eigenvalue weighted by atomic mass is 9.67. The normalized spacial score (nSPS) is 13.2. The van der Waals surface area contributed by atoms with Crippen molar-refractivity contribution in [1.82, 2.24) is 0 Å². The lowest BCUT2D eigenvalue weighted by Gasteiger charge is -2.34. The Balaban J connectivity index is 1.22. The summed E-state index contributed by atoms with van der Waals surface area (Å²) in [6.45, 7) is 0. The molecule has 0 heterocycles. The highest BCUT2D eigenvalue weighted by Gasteiger charge is 2.46. The van der Waals surface area contributed by atoms with Crippen LogP contribution in [0, 0.1) is 0 Å². The predicted molar refractivity (Wildman–Crippen MR) is 206 cm³/mol. The second-order valence-electron chi connectivity index (χ2n) is 13.6. The average Bonchev–Trinajstić information content (AvgIpc) is 3.46. The highest BCUT2D eigenvalue weighted by atomic mass is 16.3. The maximum atomic E-state index is 11.5. The Morgan fingerprint density at radius 2 is 0.880 bits per heavy atom. The summed E-state index contributed by atoms with van der Waals surface area (Å²) in [6, 6.07) is 59.9. The number of rotatable bonds is 4. The molecule has 0 aliphatic heterocycles. The van der Waals surface area contributed by atoms with Gasteiger partial charge >= 0.3 is 0 Å². The van der Waals surface area contributed by atoms with Crippen LogP contribution in [0.25, 0.3) is 54.2 Å². The minimum atomic E-state index is -0.572. The second-order valence-corrected chi connectivity index (χ2v) is 13.6. The molecule has 9 aromatic carbocycles. The van der Waals surface area contributed by atoms with E-state index in [1.807, 2.05) is 18.2 Å². The van der Waals surface area contributed by atoms with Crippen LogP contribution in [-0.2, 0) is 11.8 Å². The van der Waals surface area contributed by atoms with E-state index in [1.165, 1.54) is 60.5 Å². The fourth-order valence-electron chi connectivity index (χ4n) is 8.77. The molecule has 0 radical (unpaired) electrons. The van der Waals surface area contributed by atoms with Crippen LogP contribution in [0.4, 0.5) is 0 Å². The van der Waals surface area contributed by atoms with Crippen LogP contribution in [-0.4, -0.2) is 10.2 Å². The summed E-state index contributed by atoms with van der Waals surface area (Å²) in [7, 11) is 0. The molecule has 0 amide bonds. The molecule has 0 fully saturated rings. The summed E-state index contributed by atoms with van der Waals surface area (Å²) >= 11 is 0. The Hall–Kier alpha value is -6.38. The quantitative estimate of drug-likeness (QED) is 0.188. The molecule has 2 heteroatoms. The number of fused-ring (bicyclic) bond motifs is 7. The molecule has 0 saturated carbocycles. The number of phenols is 2. The summed E-state index contributed by atoms with van der Waals surface area (Å²) in [5, 5.41) is 30.8. The van der Waals surface area contributed by atoms with Gasteiger partial charge in [-0.25, -0.2) is 0 Å². The lowest BCUT2D eigenvalue weighted by Crippen LogP contribution is -2.28. The first-order chi connectivity index (χ1) is 24.6. The molecule has 0 atom stereocenters. The topological polar surface area (TPSA) is 40.5 Å². The fraction of sp³-hybridized carbons (Fsp3) is 0.0417. The van der Waals surface area contributed by atoms with Gasteiger partial charge in [0.2, 0.25) is 0 Å². The van der Waals surface area contributed by atoms with Crippen LogP contribution < -0.4 is 0 Å². The number of hydrogen-bond donors (Lipinski definition) is 2. The van der Waals surface area contributed by atoms with Gasteiger partial charge in [0.25, 0.3) is 0 Å². The molecule has 0 unspecified atom stereocenters. The van der Waals surface area contributed by atoms with E-state index in [4.69, 9.17) is 0 Å². The molecule has 1 aliphatic carbocycles. The molecule has 1 aliphatic rings. The van der Waals surface area contributed by atoms with Crippen LogP contribution >= 0.6 is 0 Å². The van der Waals surface area contributed by atoms with Crippen molar-refractivity contribution in [2.45, 2.75) is 11.8 Å². The van der Waals surface area contributed by atoms with Crippen LogP contribution in [0.5, 0.6) is 11.5 Å². The van der Waals surface area contributed by atoms with Crippen LogP contribution in [0.2, 0.25) is 0 Å². The van der Waals surface area contributed by atoms with E-state index in [2.05, 4.69) is 146 Å². The van der Waals surface area contributed by atoms with E-state index in [9.17, 15) is 10.2 Å². The molecule has 0 aromatic heterocycles. The largest absolute Gasteiger partial charge is 0.508 e. The Kier molecular flexibility index (Phi) is 6.19. The number of benzene rings is 9. The van der Waals surface area contributed by atoms with Crippen LogP contribution in [0.1, 0.15) is 33.4 Å². The minimum Gasteiger partial charge on any atom is -0.508 e. The van der Waals surface area contributed by atoms with Gasteiger partial charge in [-0.1, -0.05) is 133 Å². The van der Waals surface area contributed by atoms with E-state index < -0.39 is 5.41 Å². The third-order valence-corrected chi connectivity index (χ3v) is 11.0. The standard InChI is InChI=1S/C48H32O2/c49-37-22-18-30-26-35(20-17-31(30)28-37)48(45-15-7-5-13-41(45)42-14-6-8-16-46(42)48)36-21-23-40-34(27-36)19-24-47(50)44(40)29-43-38-11-3-1-9-32(38)25-33-10-2-4-12-39(33)43/h1-28,49-50H,29H2. The summed E-state index contributed by atoms with van der Waals surface area (Å²) in [6.07, 6.45) is 0.610. The SMILES string of the molecule is Oc1ccc2cc(C3(c4ccc5c(Cc6c7ccccc7cc7ccccc67)c(O)ccc5c4)c4ccccc4-c4ccccc43)ccc2c1. The fourth-order valence-corrected chi connectivity index (χ4v) is 8.77. The van der Waals surface area contributed by atoms with Gasteiger partial charge in [-0.3, -0.25) is 0 Å². The summed E-state index contributed by atoms with van der Waals surface area (Å²) in [5.74, 6) is 0.577. The molecule has 2 N–H and O–H groups in total. The number of hydrogen-bond acceptors (Lipinski definition) is 2. The third kappa shape index (κ3) is 4.09. The first kappa shape index (κ1) is 28.6. The van der Waals surface area contributed by atoms with Gasteiger partial charge in [0.15, 0.2) is 0 Å². The monoisotopic (exact) mass is 640 g/mol. The molecular weight excluding hydrogens is 609 g/mol. The van der Waals surface area contributed by atoms with Crippen LogP contribution in [0.3, 0.4) is 0 Å². The zero-order chi connectivity index (χ0) is 33.4. The molecule has 0 spiro atoms. The zero-order valence-electron chi connectivity index (χ0n) is 27.3. The van der Waals surface area contributed by atoms with E-state index in [0.29, 0.717) is 12.2 Å². The van der Waals surface area contributed by atoms with Gasteiger partial charge < -0.3 is 10.2 Å². The summed E-state index contributed by atoms with van der Waals surface area (Å²) in [5.41, 5.74) is 8.91. The predicted octanol–water partition coefficient (Wildman–Crippen LogP) is 11.7. The molecule has 10 rings (SSSR count). The Morgan fingerprint density at radius 1 is 0.380 bits per heavy atom. The van der Waals surface area contributed by atoms with E-state index >= 15 is 0 Å². The molecule has 0 bridgehead atoms. The zero-order valence-corrected chi connectivity index (χ0v) is 27.3. The summed E-state index contributed by atoms with van der Waals surface area (Å²) in [4.78, 5) is 0. The van der Waals surface area contributed by atoms with Gasteiger partial charge in [-0.15, -0.1) is 0 Å². The first-order valence-electron chi connectivity index (χ1n) is 17.2. The lowest BCUT2D eigenvalue weighted by molar-refractivity contribution is 0.470. The minimum absolute atomic E-state index is 0.265. The Bertz CT molecular complexity index is 2730. The highest BCUT2D eigenvalue weighted by Crippen LogP contribution is 2.56. The van der Waals surface area contributed by atoms with E-state index in [1.54, 1.807) is 6.07 Å². The maximum absolute atomic E-state index is 11.5. The molecule has 2 nitrogen and oxygen atoms in total. The Morgan fingerprint density at radius 3 is 1.58 bits per heavy atom. The van der Waals surface area contributed by atoms with Crippen LogP contribution in [0.15, 0.2) is 170 Å². The molecular formula is C48H32O2. The molecule has 0 saturated heterocycles. The number of phenolic OH excluding ortho intramolecular Hbond substituents is 2. The van der Waals surface area contributed by atoms with Crippen molar-refractivity contribution < 1.29 is 10.2 Å². The van der Waals surface area contributed by atoms with Gasteiger partial charge in [-0.05, 0) is 118 Å². The van der Waals surface area contributed by atoms with Gasteiger partial charge in [0, 0.05) is 12.0 Å². The smallest absolute Gasteiger partial charge is 0.119 e. The van der Waals surface area contributed by atoms with Gasteiger partial charge in [-0.2, -0.15) is 0 Å². The van der Waals surface area contributed by atoms with Crippen molar-refractivity contribution in [1.29, 1.82) is 0 Å². The molecule has 50 heavy (non-hydrogen) atoms. The average molecular weight is 641 g/mol. The van der Waals surface area contributed by atoms with Crippen molar-refractivity contribution in [3.63, 3.8) is 0 Å². The number of aromatic hydroxyl groups is 2. The second kappa shape index (κ2) is 10.8. The third-order valence-electron chi connectivity index (χ3n) is 11.0. The highest BCUT2D eigenvalue weighted by molar-refractivity contribution is 6.03. The first-order valence-corrected chi connectivity index (χ1v) is 17.2. The van der Waals surface area contributed by atoms with Crippen molar-refractivity contribution in [3.05, 3.63) is 203 Å². The summed E-state index contributed by atoms with van der Waals surface area (Å²) < 4.78 is 0. The van der Waals surface area contributed by atoms with Crippen molar-refractivity contribution in [2.75, 3.05) is 0 Å². The molecule has 236 valence electrons. The van der Waals surface area contributed by atoms with Crippen molar-refractivity contribution in [2.24, 2.45) is 0 Å². The molecule has 9 aromatic rings. The van der Waals surface area contributed by atoms with E-state index in [0.717, 1.165) is 27.1 Å². The van der Waals surface area contributed by atoms with E-state index in [-0.39, 0.29) is 5.75 Å². The van der Waals surface area contributed by atoms with Crippen molar-refractivity contribution in [3.8, 4) is 22.6 Å². The van der Waals surface area contributed by atoms with Crippen molar-refractivity contribution >= 4 is 43.1 Å². The van der Waals surface area contributed by atoms with Gasteiger partial charge in [0.05, 0.1) is 5.41 Å². The van der Waals surface area contributed by atoms with Gasteiger partial charge in [0.1, 0.15) is 11.5 Å².